The lowest BCUT2D eigenvalue weighted by Crippen LogP contribution is -2.53. The number of fused-ring (bicyclic) bond motifs is 1. The maximum absolute atomic E-state index is 13.5. The van der Waals surface area contributed by atoms with E-state index in [2.05, 4.69) is 10.3 Å². The van der Waals surface area contributed by atoms with Gasteiger partial charge in [-0.3, -0.25) is 24.5 Å². The van der Waals surface area contributed by atoms with E-state index >= 15 is 0 Å². The molecule has 2 amide bonds. The Balaban J connectivity index is 1.65. The van der Waals surface area contributed by atoms with Crippen molar-refractivity contribution in [1.29, 1.82) is 0 Å². The van der Waals surface area contributed by atoms with Crippen LogP contribution in [-0.4, -0.2) is 54.9 Å². The summed E-state index contributed by atoms with van der Waals surface area (Å²) in [6, 6.07) is 12.5. The molecular formula is C25H25N5O6. The van der Waals surface area contributed by atoms with Crippen LogP contribution < -0.4 is 5.32 Å². The Morgan fingerprint density at radius 2 is 1.89 bits per heavy atom. The first-order chi connectivity index (χ1) is 17.2. The van der Waals surface area contributed by atoms with Gasteiger partial charge in [-0.1, -0.05) is 35.9 Å². The number of imidazole rings is 1. The maximum atomic E-state index is 13.5. The first kappa shape index (κ1) is 24.6. The smallest absolute Gasteiger partial charge is 0.305 e. The Labute approximate surface area is 206 Å². The van der Waals surface area contributed by atoms with Crippen LogP contribution in [0.15, 0.2) is 54.9 Å². The average Bonchev–Trinajstić information content (AvgIpc) is 3.24. The molecule has 1 atom stereocenters. The van der Waals surface area contributed by atoms with Crippen LogP contribution in [0, 0.1) is 17.0 Å². The van der Waals surface area contributed by atoms with Crippen LogP contribution in [-0.2, 0) is 29.1 Å². The van der Waals surface area contributed by atoms with E-state index < -0.39 is 22.8 Å². The van der Waals surface area contributed by atoms with Crippen LogP contribution in [0.3, 0.4) is 0 Å². The number of benzene rings is 2. The normalized spacial score (nSPS) is 14.7. The number of nitro benzene ring substituents is 1. The maximum Gasteiger partial charge on any atom is 0.305 e. The fourth-order valence-electron chi connectivity index (χ4n) is 4.23. The Kier molecular flexibility index (Phi) is 7.09. The molecule has 0 fully saturated rings. The lowest BCUT2D eigenvalue weighted by molar-refractivity contribution is -0.385. The van der Waals surface area contributed by atoms with Gasteiger partial charge in [-0.25, -0.2) is 4.98 Å². The summed E-state index contributed by atoms with van der Waals surface area (Å²) in [4.78, 5) is 54.2. The van der Waals surface area contributed by atoms with Crippen molar-refractivity contribution in [2.75, 3.05) is 6.54 Å². The first-order valence-corrected chi connectivity index (χ1v) is 11.4. The highest BCUT2D eigenvalue weighted by molar-refractivity contribution is 5.98. The Morgan fingerprint density at radius 1 is 1.17 bits per heavy atom. The molecule has 36 heavy (non-hydrogen) atoms. The molecule has 4 rings (SSSR count). The molecule has 0 spiro atoms. The number of carboxylic acid groups (broad SMARTS) is 1. The molecule has 1 aliphatic heterocycles. The van der Waals surface area contributed by atoms with E-state index in [0.717, 1.165) is 5.56 Å². The van der Waals surface area contributed by atoms with Crippen molar-refractivity contribution in [1.82, 2.24) is 19.8 Å². The van der Waals surface area contributed by atoms with Crippen molar-refractivity contribution in [3.8, 4) is 0 Å². The molecular weight excluding hydrogens is 466 g/mol. The van der Waals surface area contributed by atoms with Crippen LogP contribution in [0.25, 0.3) is 0 Å². The summed E-state index contributed by atoms with van der Waals surface area (Å²) in [6.45, 7) is 2.10. The third-order valence-corrected chi connectivity index (χ3v) is 6.14. The summed E-state index contributed by atoms with van der Waals surface area (Å²) in [5, 5.41) is 22.9. The van der Waals surface area contributed by atoms with Crippen LogP contribution in [0.4, 0.5) is 5.69 Å². The van der Waals surface area contributed by atoms with Gasteiger partial charge in [0, 0.05) is 30.2 Å². The molecule has 0 radical (unpaired) electrons. The molecule has 1 aliphatic rings. The Bertz CT molecular complexity index is 1320. The Hall–Kier alpha value is -4.54. The van der Waals surface area contributed by atoms with Gasteiger partial charge in [-0.05, 0) is 19.1 Å². The van der Waals surface area contributed by atoms with Gasteiger partial charge >= 0.3 is 5.97 Å². The van der Waals surface area contributed by atoms with Gasteiger partial charge in [0.2, 0.25) is 5.91 Å². The van der Waals surface area contributed by atoms with Crippen LogP contribution in [0.2, 0.25) is 0 Å². The van der Waals surface area contributed by atoms with Gasteiger partial charge in [0.25, 0.3) is 11.6 Å². The fourth-order valence-corrected chi connectivity index (χ4v) is 4.23. The molecule has 0 saturated heterocycles. The molecule has 0 saturated carbocycles. The molecule has 1 aromatic heterocycles. The lowest BCUT2D eigenvalue weighted by Gasteiger charge is -2.35. The van der Waals surface area contributed by atoms with Gasteiger partial charge in [-0.15, -0.1) is 0 Å². The van der Waals surface area contributed by atoms with Crippen molar-refractivity contribution in [3.63, 3.8) is 0 Å². The molecule has 0 aliphatic carbocycles. The minimum Gasteiger partial charge on any atom is -0.481 e. The van der Waals surface area contributed by atoms with E-state index in [0.29, 0.717) is 22.5 Å². The Morgan fingerprint density at radius 3 is 2.58 bits per heavy atom. The minimum absolute atomic E-state index is 0.0148. The summed E-state index contributed by atoms with van der Waals surface area (Å²) in [5.74, 6) is -1.85. The zero-order chi connectivity index (χ0) is 25.8. The summed E-state index contributed by atoms with van der Waals surface area (Å²) < 4.78 is 1.76. The predicted octanol–water partition coefficient (Wildman–Crippen LogP) is 2.31. The van der Waals surface area contributed by atoms with Crippen molar-refractivity contribution in [3.05, 3.63) is 93.1 Å². The van der Waals surface area contributed by atoms with Gasteiger partial charge in [0.15, 0.2) is 0 Å². The second kappa shape index (κ2) is 10.4. The lowest BCUT2D eigenvalue weighted by atomic mass is 9.99. The molecule has 0 bridgehead atoms. The molecule has 1 unspecified atom stereocenters. The molecule has 11 nitrogen and oxygen atoms in total. The number of carbonyl (C=O) groups is 3. The van der Waals surface area contributed by atoms with Crippen molar-refractivity contribution < 1.29 is 24.4 Å². The number of amides is 2. The monoisotopic (exact) mass is 491 g/mol. The highest BCUT2D eigenvalue weighted by atomic mass is 16.6. The number of rotatable bonds is 8. The number of nitrogens with one attached hydrogen (secondary N) is 1. The van der Waals surface area contributed by atoms with E-state index in [1.165, 1.54) is 11.0 Å². The van der Waals surface area contributed by atoms with Crippen molar-refractivity contribution in [2.45, 2.75) is 38.9 Å². The van der Waals surface area contributed by atoms with Crippen molar-refractivity contribution >= 4 is 23.5 Å². The molecule has 2 aromatic carbocycles. The van der Waals surface area contributed by atoms with Gasteiger partial charge in [0.1, 0.15) is 6.04 Å². The third kappa shape index (κ3) is 5.24. The number of carboxylic acids is 1. The summed E-state index contributed by atoms with van der Waals surface area (Å²) in [6.07, 6.45) is 1.45. The van der Waals surface area contributed by atoms with Gasteiger partial charge in [0.05, 0.1) is 42.1 Å². The molecule has 186 valence electrons. The number of nitrogens with zero attached hydrogens (tertiary/aromatic N) is 4. The third-order valence-electron chi connectivity index (χ3n) is 6.14. The van der Waals surface area contributed by atoms with Gasteiger partial charge in [-0.2, -0.15) is 0 Å². The highest BCUT2D eigenvalue weighted by Crippen LogP contribution is 2.27. The largest absolute Gasteiger partial charge is 0.481 e. The number of carbonyl (C=O) groups excluding carboxylic acids is 2. The van der Waals surface area contributed by atoms with E-state index in [1.807, 2.05) is 19.1 Å². The van der Waals surface area contributed by atoms with Gasteiger partial charge < -0.3 is 19.9 Å². The number of hydrogen-bond acceptors (Lipinski definition) is 6. The number of hydrogen-bond donors (Lipinski definition) is 2. The molecule has 2 N–H and O–H groups in total. The van der Waals surface area contributed by atoms with Crippen LogP contribution in [0.1, 0.15) is 39.3 Å². The van der Waals surface area contributed by atoms with Crippen LogP contribution in [0.5, 0.6) is 0 Å². The fraction of sp³-hybridized carbons (Fsp3) is 0.280. The number of aliphatic carboxylic acids is 1. The van der Waals surface area contributed by atoms with E-state index in [9.17, 15) is 24.5 Å². The highest BCUT2D eigenvalue weighted by Gasteiger charge is 2.37. The number of nitro groups is 1. The summed E-state index contributed by atoms with van der Waals surface area (Å²) in [7, 11) is 0. The average molecular weight is 492 g/mol. The standard InChI is InChI=1S/C25H25N5O6/c1-16-6-8-17(9-7-16)25(34)29-14-22-19(12-21(29)24(33)26-11-10-23(31)32)27-15-28(22)13-18-4-2-3-5-20(18)30(35)36/h2-9,15,21H,10-14H2,1H3,(H,26,33)(H,31,32). The summed E-state index contributed by atoms with van der Waals surface area (Å²) in [5.41, 5.74) is 3.17. The quantitative estimate of drug-likeness (QED) is 0.363. The number of aromatic nitrogens is 2. The van der Waals surface area contributed by atoms with E-state index in [1.54, 1.807) is 41.2 Å². The van der Waals surface area contributed by atoms with Crippen molar-refractivity contribution in [2.24, 2.45) is 0 Å². The second-order valence-electron chi connectivity index (χ2n) is 8.61. The number of para-hydroxylation sites is 1. The zero-order valence-corrected chi connectivity index (χ0v) is 19.6. The minimum atomic E-state index is -1.04. The zero-order valence-electron chi connectivity index (χ0n) is 19.6. The van der Waals surface area contributed by atoms with E-state index in [4.69, 9.17) is 5.11 Å². The molecule has 3 aromatic rings. The topological polar surface area (TPSA) is 148 Å². The number of aryl methyl sites for hydroxylation is 1. The van der Waals surface area contributed by atoms with Crippen LogP contribution >= 0.6 is 0 Å². The van der Waals surface area contributed by atoms with E-state index in [-0.39, 0.29) is 44.1 Å². The summed E-state index contributed by atoms with van der Waals surface area (Å²) >= 11 is 0. The molecule has 2 heterocycles. The predicted molar refractivity (Wildman–Crippen MR) is 128 cm³/mol. The first-order valence-electron chi connectivity index (χ1n) is 11.4. The SMILES string of the molecule is Cc1ccc(C(=O)N2Cc3c(ncn3Cc3ccccc3[N+](=O)[O-])CC2C(=O)NCCC(=O)O)cc1. The molecule has 11 heteroatoms. The second-order valence-corrected chi connectivity index (χ2v) is 8.61.